The van der Waals surface area contributed by atoms with E-state index < -0.39 is 0 Å². The third kappa shape index (κ3) is 4.15. The van der Waals surface area contributed by atoms with E-state index in [4.69, 9.17) is 0 Å². The highest BCUT2D eigenvalue weighted by Gasteiger charge is 2.10. The highest BCUT2D eigenvalue weighted by molar-refractivity contribution is 5.88. The van der Waals surface area contributed by atoms with Crippen LogP contribution in [0, 0.1) is 13.8 Å². The Hall–Kier alpha value is -3.32. The quantitative estimate of drug-likeness (QED) is 0.388. The Morgan fingerprint density at radius 2 is 1.82 bits per heavy atom. The van der Waals surface area contributed by atoms with Gasteiger partial charge in [-0.1, -0.05) is 97.6 Å². The van der Waals surface area contributed by atoms with Crippen molar-refractivity contribution in [2.45, 2.75) is 20.4 Å². The number of aryl methyl sites for hydroxylation is 2. The molecule has 140 valence electrons. The predicted molar refractivity (Wildman–Crippen MR) is 124 cm³/mol. The smallest absolute Gasteiger partial charge is 0.0490 e. The van der Waals surface area contributed by atoms with Gasteiger partial charge in [-0.2, -0.15) is 0 Å². The number of allylic oxidation sites excluding steroid dienone is 7. The van der Waals surface area contributed by atoms with Gasteiger partial charge in [0, 0.05) is 23.1 Å². The maximum atomic E-state index is 3.87. The van der Waals surface area contributed by atoms with Crippen LogP contribution < -0.4 is 0 Å². The normalized spacial score (nSPS) is 12.3. The van der Waals surface area contributed by atoms with E-state index in [0.29, 0.717) is 0 Å². The van der Waals surface area contributed by atoms with Crippen LogP contribution in [-0.2, 0) is 6.54 Å². The van der Waals surface area contributed by atoms with Crippen LogP contribution in [0.1, 0.15) is 22.4 Å². The third-order valence-electron chi connectivity index (χ3n) is 4.90. The van der Waals surface area contributed by atoms with Crippen LogP contribution in [0.4, 0.5) is 0 Å². The van der Waals surface area contributed by atoms with Crippen LogP contribution in [0.15, 0.2) is 98.1 Å². The van der Waals surface area contributed by atoms with Gasteiger partial charge in [0.2, 0.25) is 0 Å². The SMILES string of the molecule is C=C/C=C\c1c(C)c2ccccc2n1C/C=C\C(=C/C=C)c1cccc(C)c1. The second-order valence-electron chi connectivity index (χ2n) is 6.86. The molecular weight excluding hydrogens is 338 g/mol. The lowest BCUT2D eigenvalue weighted by Crippen LogP contribution is -1.98. The van der Waals surface area contributed by atoms with E-state index in [-0.39, 0.29) is 0 Å². The highest BCUT2D eigenvalue weighted by Crippen LogP contribution is 2.27. The first-order valence-electron chi connectivity index (χ1n) is 9.59. The molecule has 3 aromatic rings. The van der Waals surface area contributed by atoms with Crippen molar-refractivity contribution in [2.24, 2.45) is 0 Å². The molecule has 3 rings (SSSR count). The maximum absolute atomic E-state index is 3.87. The summed E-state index contributed by atoms with van der Waals surface area (Å²) in [6, 6.07) is 17.1. The summed E-state index contributed by atoms with van der Waals surface area (Å²) in [5.41, 5.74) is 7.38. The number of para-hydroxylation sites is 1. The van der Waals surface area contributed by atoms with Crippen molar-refractivity contribution < 1.29 is 0 Å². The standard InChI is InChI=1S/C27H27N/c1-5-7-17-26-22(4)25-16-8-9-18-27(25)28(26)19-11-15-23(12-6-2)24-14-10-13-21(3)20-24/h5-18,20H,1-2,19H2,3-4H3/b15-11-,17-7-,23-12+. The fourth-order valence-electron chi connectivity index (χ4n) is 3.55. The Morgan fingerprint density at radius 3 is 2.57 bits per heavy atom. The van der Waals surface area contributed by atoms with E-state index in [1.54, 1.807) is 0 Å². The first-order valence-corrected chi connectivity index (χ1v) is 9.59. The fraction of sp³-hybridized carbons (Fsp3) is 0.111. The first-order chi connectivity index (χ1) is 13.7. The first kappa shape index (κ1) is 19.4. The maximum Gasteiger partial charge on any atom is 0.0490 e. The summed E-state index contributed by atoms with van der Waals surface area (Å²) >= 11 is 0. The molecular formula is C27H27N. The van der Waals surface area contributed by atoms with Gasteiger partial charge in [-0.05, 0) is 42.7 Å². The predicted octanol–water partition coefficient (Wildman–Crippen LogP) is 7.28. The summed E-state index contributed by atoms with van der Waals surface area (Å²) in [5, 5.41) is 1.29. The van der Waals surface area contributed by atoms with Gasteiger partial charge < -0.3 is 4.57 Å². The van der Waals surface area contributed by atoms with Crippen LogP contribution in [0.25, 0.3) is 22.6 Å². The average Bonchev–Trinajstić information content (AvgIpc) is 2.97. The minimum atomic E-state index is 0.797. The average molecular weight is 366 g/mol. The molecule has 28 heavy (non-hydrogen) atoms. The zero-order chi connectivity index (χ0) is 19.9. The molecule has 0 atom stereocenters. The lowest BCUT2D eigenvalue weighted by Gasteiger charge is -2.07. The van der Waals surface area contributed by atoms with Gasteiger partial charge >= 0.3 is 0 Å². The molecule has 0 N–H and O–H groups in total. The Morgan fingerprint density at radius 1 is 1.00 bits per heavy atom. The molecule has 0 aliphatic rings. The summed E-state index contributed by atoms with van der Waals surface area (Å²) in [6.07, 6.45) is 14.3. The molecule has 0 saturated carbocycles. The number of aromatic nitrogens is 1. The summed E-state index contributed by atoms with van der Waals surface area (Å²) in [5.74, 6) is 0. The minimum absolute atomic E-state index is 0.797. The number of nitrogens with zero attached hydrogens (tertiary/aromatic N) is 1. The van der Waals surface area contributed by atoms with Crippen LogP contribution >= 0.6 is 0 Å². The van der Waals surface area contributed by atoms with Crippen molar-refractivity contribution in [2.75, 3.05) is 0 Å². The van der Waals surface area contributed by atoms with Crippen molar-refractivity contribution in [1.29, 1.82) is 0 Å². The van der Waals surface area contributed by atoms with Crippen LogP contribution in [0.5, 0.6) is 0 Å². The number of hydrogen-bond donors (Lipinski definition) is 0. The number of rotatable bonds is 7. The highest BCUT2D eigenvalue weighted by atomic mass is 15.0. The molecule has 0 unspecified atom stereocenters. The van der Waals surface area contributed by atoms with Gasteiger partial charge in [0.25, 0.3) is 0 Å². The Balaban J connectivity index is 1.98. The van der Waals surface area contributed by atoms with E-state index >= 15 is 0 Å². The second kappa shape index (κ2) is 9.05. The molecule has 1 heteroatoms. The zero-order valence-electron chi connectivity index (χ0n) is 16.7. The molecule has 0 saturated heterocycles. The van der Waals surface area contributed by atoms with Crippen molar-refractivity contribution in [3.8, 4) is 0 Å². The third-order valence-corrected chi connectivity index (χ3v) is 4.90. The molecule has 0 amide bonds. The molecule has 0 aliphatic heterocycles. The molecule has 2 aromatic carbocycles. The van der Waals surface area contributed by atoms with E-state index in [9.17, 15) is 0 Å². The van der Waals surface area contributed by atoms with Crippen molar-refractivity contribution in [3.63, 3.8) is 0 Å². The van der Waals surface area contributed by atoms with Gasteiger partial charge in [0.15, 0.2) is 0 Å². The molecule has 0 bridgehead atoms. The lowest BCUT2D eigenvalue weighted by atomic mass is 10.0. The summed E-state index contributed by atoms with van der Waals surface area (Å²) in [4.78, 5) is 0. The number of hydrogen-bond acceptors (Lipinski definition) is 0. The van der Waals surface area contributed by atoms with E-state index in [1.807, 2.05) is 18.2 Å². The molecule has 0 aliphatic carbocycles. The largest absolute Gasteiger partial charge is 0.337 e. The zero-order valence-corrected chi connectivity index (χ0v) is 16.7. The van der Waals surface area contributed by atoms with E-state index in [0.717, 1.165) is 12.1 Å². The van der Waals surface area contributed by atoms with E-state index in [2.05, 4.69) is 104 Å². The van der Waals surface area contributed by atoms with Gasteiger partial charge in [-0.15, -0.1) is 0 Å². The molecule has 1 heterocycles. The molecule has 0 radical (unpaired) electrons. The van der Waals surface area contributed by atoms with Crippen LogP contribution in [0.2, 0.25) is 0 Å². The van der Waals surface area contributed by atoms with Crippen molar-refractivity contribution in [1.82, 2.24) is 4.57 Å². The van der Waals surface area contributed by atoms with Crippen molar-refractivity contribution in [3.05, 3.63) is 121 Å². The van der Waals surface area contributed by atoms with E-state index in [1.165, 1.54) is 33.3 Å². The van der Waals surface area contributed by atoms with Crippen LogP contribution in [-0.4, -0.2) is 4.57 Å². The van der Waals surface area contributed by atoms with Gasteiger partial charge in [-0.3, -0.25) is 0 Å². The van der Waals surface area contributed by atoms with Gasteiger partial charge in [0.05, 0.1) is 0 Å². The molecule has 0 fully saturated rings. The Bertz CT molecular complexity index is 1090. The van der Waals surface area contributed by atoms with Crippen LogP contribution in [0.3, 0.4) is 0 Å². The fourth-order valence-corrected chi connectivity index (χ4v) is 3.55. The Labute approximate surface area is 168 Å². The van der Waals surface area contributed by atoms with Gasteiger partial charge in [-0.25, -0.2) is 0 Å². The number of fused-ring (bicyclic) bond motifs is 1. The molecule has 0 spiro atoms. The number of benzene rings is 2. The Kier molecular flexibility index (Phi) is 6.29. The topological polar surface area (TPSA) is 4.93 Å². The summed E-state index contributed by atoms with van der Waals surface area (Å²) in [6.45, 7) is 12.8. The second-order valence-corrected chi connectivity index (χ2v) is 6.86. The lowest BCUT2D eigenvalue weighted by molar-refractivity contribution is 0.850. The summed E-state index contributed by atoms with van der Waals surface area (Å²) in [7, 11) is 0. The minimum Gasteiger partial charge on any atom is -0.337 e. The monoisotopic (exact) mass is 365 g/mol. The molecule has 1 aromatic heterocycles. The van der Waals surface area contributed by atoms with Crippen molar-refractivity contribution >= 4 is 22.6 Å². The molecule has 1 nitrogen and oxygen atoms in total. The van der Waals surface area contributed by atoms with Gasteiger partial charge in [0.1, 0.15) is 0 Å². The summed E-state index contributed by atoms with van der Waals surface area (Å²) < 4.78 is 2.35.